The Morgan fingerprint density at radius 1 is 1.00 bits per heavy atom. The summed E-state index contributed by atoms with van der Waals surface area (Å²) in [7, 11) is -3.52. The number of hydrogen-bond donors (Lipinski definition) is 1. The molecule has 0 fully saturated rings. The van der Waals surface area contributed by atoms with E-state index in [4.69, 9.17) is 11.6 Å². The van der Waals surface area contributed by atoms with Gasteiger partial charge in [0.25, 0.3) is 0 Å². The van der Waals surface area contributed by atoms with Gasteiger partial charge in [-0.2, -0.15) is 4.31 Å². The SMILES string of the molecule is CCCN(CCC)S(=O)(=O)c1ccc(NC(=O)CCc2ccccc2Cl)cc1. The Labute approximate surface area is 172 Å². The highest BCUT2D eigenvalue weighted by Crippen LogP contribution is 2.20. The first-order valence-electron chi connectivity index (χ1n) is 9.52. The van der Waals surface area contributed by atoms with Gasteiger partial charge in [0, 0.05) is 30.2 Å². The lowest BCUT2D eigenvalue weighted by Gasteiger charge is -2.21. The Morgan fingerprint density at radius 3 is 2.18 bits per heavy atom. The van der Waals surface area contributed by atoms with Gasteiger partial charge in [-0.25, -0.2) is 8.42 Å². The Hall–Kier alpha value is -1.89. The van der Waals surface area contributed by atoms with Crippen molar-refractivity contribution in [1.82, 2.24) is 4.31 Å². The highest BCUT2D eigenvalue weighted by atomic mass is 35.5. The van der Waals surface area contributed by atoms with Crippen LogP contribution >= 0.6 is 11.6 Å². The fraction of sp³-hybridized carbons (Fsp3) is 0.381. The van der Waals surface area contributed by atoms with Crippen molar-refractivity contribution in [2.45, 2.75) is 44.4 Å². The lowest BCUT2D eigenvalue weighted by molar-refractivity contribution is -0.116. The second-order valence-electron chi connectivity index (χ2n) is 6.57. The minimum absolute atomic E-state index is 0.144. The van der Waals surface area contributed by atoms with Gasteiger partial charge >= 0.3 is 0 Å². The van der Waals surface area contributed by atoms with Crippen molar-refractivity contribution >= 4 is 33.2 Å². The van der Waals surface area contributed by atoms with Crippen LogP contribution in [0.2, 0.25) is 5.02 Å². The third kappa shape index (κ3) is 6.06. The Balaban J connectivity index is 1.99. The molecule has 7 heteroatoms. The zero-order valence-corrected chi connectivity index (χ0v) is 17.9. The molecule has 0 atom stereocenters. The van der Waals surface area contributed by atoms with E-state index in [9.17, 15) is 13.2 Å². The molecule has 0 radical (unpaired) electrons. The Bertz CT molecular complexity index is 877. The van der Waals surface area contributed by atoms with Gasteiger partial charge in [-0.05, 0) is 55.2 Å². The summed E-state index contributed by atoms with van der Waals surface area (Å²) < 4.78 is 27.0. The van der Waals surface area contributed by atoms with E-state index in [-0.39, 0.29) is 10.8 Å². The summed E-state index contributed by atoms with van der Waals surface area (Å²) in [6, 6.07) is 13.8. The summed E-state index contributed by atoms with van der Waals surface area (Å²) >= 11 is 6.11. The number of aryl methyl sites for hydroxylation is 1. The monoisotopic (exact) mass is 422 g/mol. The molecule has 0 aliphatic carbocycles. The number of carbonyl (C=O) groups excluding carboxylic acids is 1. The summed E-state index contributed by atoms with van der Waals surface area (Å²) in [6.45, 7) is 4.91. The van der Waals surface area contributed by atoms with Crippen molar-refractivity contribution in [1.29, 1.82) is 0 Å². The van der Waals surface area contributed by atoms with E-state index >= 15 is 0 Å². The maximum atomic E-state index is 12.8. The van der Waals surface area contributed by atoms with Crippen LogP contribution in [0.15, 0.2) is 53.4 Å². The summed E-state index contributed by atoms with van der Waals surface area (Å²) in [4.78, 5) is 12.4. The van der Waals surface area contributed by atoms with E-state index in [1.165, 1.54) is 16.4 Å². The van der Waals surface area contributed by atoms with Gasteiger partial charge in [0.2, 0.25) is 15.9 Å². The van der Waals surface area contributed by atoms with Crippen LogP contribution in [-0.4, -0.2) is 31.7 Å². The zero-order valence-electron chi connectivity index (χ0n) is 16.3. The second-order valence-corrected chi connectivity index (χ2v) is 8.91. The molecule has 0 aliphatic rings. The number of sulfonamides is 1. The van der Waals surface area contributed by atoms with Crippen LogP contribution in [-0.2, 0) is 21.2 Å². The summed E-state index contributed by atoms with van der Waals surface area (Å²) in [6.07, 6.45) is 2.36. The lowest BCUT2D eigenvalue weighted by Crippen LogP contribution is -2.32. The van der Waals surface area contributed by atoms with Crippen LogP contribution in [0.4, 0.5) is 5.69 Å². The average Bonchev–Trinajstić information content (AvgIpc) is 2.67. The van der Waals surface area contributed by atoms with Crippen molar-refractivity contribution in [3.8, 4) is 0 Å². The maximum absolute atomic E-state index is 12.8. The number of nitrogens with one attached hydrogen (secondary N) is 1. The van der Waals surface area contributed by atoms with E-state index in [1.807, 2.05) is 32.0 Å². The van der Waals surface area contributed by atoms with Crippen LogP contribution in [0.1, 0.15) is 38.7 Å². The van der Waals surface area contributed by atoms with Crippen molar-refractivity contribution in [2.75, 3.05) is 18.4 Å². The van der Waals surface area contributed by atoms with E-state index < -0.39 is 10.0 Å². The van der Waals surface area contributed by atoms with Gasteiger partial charge < -0.3 is 5.32 Å². The molecular weight excluding hydrogens is 396 g/mol. The molecule has 5 nitrogen and oxygen atoms in total. The van der Waals surface area contributed by atoms with Gasteiger partial charge in [0.1, 0.15) is 0 Å². The molecule has 28 heavy (non-hydrogen) atoms. The maximum Gasteiger partial charge on any atom is 0.243 e. The van der Waals surface area contributed by atoms with Crippen molar-refractivity contribution < 1.29 is 13.2 Å². The number of nitrogens with zero attached hydrogens (tertiary/aromatic N) is 1. The first-order valence-corrected chi connectivity index (χ1v) is 11.3. The summed E-state index contributed by atoms with van der Waals surface area (Å²) in [5, 5.41) is 3.45. The molecule has 0 aliphatic heterocycles. The van der Waals surface area contributed by atoms with Crippen LogP contribution in [0.3, 0.4) is 0 Å². The third-order valence-corrected chi connectivity index (χ3v) is 6.58. The van der Waals surface area contributed by atoms with E-state index in [2.05, 4.69) is 5.32 Å². The number of anilines is 1. The summed E-state index contributed by atoms with van der Waals surface area (Å²) in [5.41, 5.74) is 1.49. The lowest BCUT2D eigenvalue weighted by atomic mass is 10.1. The van der Waals surface area contributed by atoms with Gasteiger partial charge in [-0.3, -0.25) is 4.79 Å². The fourth-order valence-corrected chi connectivity index (χ4v) is 4.74. The average molecular weight is 423 g/mol. The van der Waals surface area contributed by atoms with Crippen LogP contribution in [0, 0.1) is 0 Å². The first-order chi connectivity index (χ1) is 13.4. The van der Waals surface area contributed by atoms with Crippen LogP contribution in [0.25, 0.3) is 0 Å². The second kappa shape index (κ2) is 10.6. The molecule has 0 saturated carbocycles. The molecule has 152 valence electrons. The molecule has 1 amide bonds. The molecule has 0 heterocycles. The molecule has 0 aromatic heterocycles. The predicted molar refractivity (Wildman–Crippen MR) is 114 cm³/mol. The smallest absolute Gasteiger partial charge is 0.243 e. The highest BCUT2D eigenvalue weighted by Gasteiger charge is 2.22. The van der Waals surface area contributed by atoms with Crippen molar-refractivity contribution in [3.63, 3.8) is 0 Å². The molecule has 2 aromatic rings. The molecule has 1 N–H and O–H groups in total. The topological polar surface area (TPSA) is 66.5 Å². The predicted octanol–water partition coefficient (Wildman–Crippen LogP) is 4.72. The molecule has 0 saturated heterocycles. The highest BCUT2D eigenvalue weighted by molar-refractivity contribution is 7.89. The van der Waals surface area contributed by atoms with Gasteiger partial charge in [-0.1, -0.05) is 43.6 Å². The van der Waals surface area contributed by atoms with Gasteiger partial charge in [0.05, 0.1) is 4.90 Å². The van der Waals surface area contributed by atoms with Crippen molar-refractivity contribution in [2.24, 2.45) is 0 Å². The van der Waals surface area contributed by atoms with E-state index in [0.29, 0.717) is 36.6 Å². The van der Waals surface area contributed by atoms with E-state index in [0.717, 1.165) is 18.4 Å². The molecule has 2 rings (SSSR count). The minimum Gasteiger partial charge on any atom is -0.326 e. The molecule has 0 bridgehead atoms. The number of rotatable bonds is 10. The van der Waals surface area contributed by atoms with Gasteiger partial charge in [-0.15, -0.1) is 0 Å². The first kappa shape index (κ1) is 22.4. The van der Waals surface area contributed by atoms with Crippen molar-refractivity contribution in [3.05, 3.63) is 59.1 Å². The van der Waals surface area contributed by atoms with Gasteiger partial charge in [0.15, 0.2) is 0 Å². The number of hydrogen-bond acceptors (Lipinski definition) is 3. The summed E-state index contributed by atoms with van der Waals surface area (Å²) in [5.74, 6) is -0.144. The quantitative estimate of drug-likeness (QED) is 0.602. The van der Waals surface area contributed by atoms with Crippen LogP contribution < -0.4 is 5.32 Å². The third-order valence-electron chi connectivity index (χ3n) is 4.30. The Morgan fingerprint density at radius 2 is 1.61 bits per heavy atom. The van der Waals surface area contributed by atoms with Crippen LogP contribution in [0.5, 0.6) is 0 Å². The zero-order chi connectivity index (χ0) is 20.6. The fourth-order valence-electron chi connectivity index (χ4n) is 2.88. The standard InChI is InChI=1S/C21H27ClN2O3S/c1-3-15-24(16-4-2)28(26,27)19-12-10-18(11-13-19)23-21(25)14-9-17-7-5-6-8-20(17)22/h5-8,10-13H,3-4,9,14-16H2,1-2H3,(H,23,25). The molecular formula is C21H27ClN2O3S. The number of benzene rings is 2. The molecule has 2 aromatic carbocycles. The minimum atomic E-state index is -3.52. The molecule has 0 unspecified atom stereocenters. The normalized spacial score (nSPS) is 11.6. The number of carbonyl (C=O) groups is 1. The van der Waals surface area contributed by atoms with E-state index in [1.54, 1.807) is 18.2 Å². The Kier molecular flexibility index (Phi) is 8.48. The molecule has 0 spiro atoms. The number of halogens is 1. The largest absolute Gasteiger partial charge is 0.326 e. The number of amides is 1.